The van der Waals surface area contributed by atoms with Gasteiger partial charge in [0.25, 0.3) is 0 Å². The summed E-state index contributed by atoms with van der Waals surface area (Å²) in [5.41, 5.74) is 2.77. The van der Waals surface area contributed by atoms with Crippen LogP contribution >= 0.6 is 0 Å². The number of fused-ring (bicyclic) bond motifs is 1. The van der Waals surface area contributed by atoms with Crippen molar-refractivity contribution in [3.05, 3.63) is 66.0 Å². The maximum atomic E-state index is 13.4. The molecule has 0 radical (unpaired) electrons. The number of benzene rings is 2. The second-order valence-corrected chi connectivity index (χ2v) is 8.01. The molecule has 31 heavy (non-hydrogen) atoms. The fraction of sp³-hybridized carbons (Fsp3) is 0.400. The summed E-state index contributed by atoms with van der Waals surface area (Å²) < 4.78 is 2.23. The Morgan fingerprint density at radius 2 is 1.84 bits per heavy atom. The molecule has 1 aromatic heterocycles. The van der Waals surface area contributed by atoms with Crippen molar-refractivity contribution in [3.63, 3.8) is 0 Å². The molecule has 0 saturated heterocycles. The van der Waals surface area contributed by atoms with Gasteiger partial charge >= 0.3 is 0 Å². The van der Waals surface area contributed by atoms with E-state index in [1.165, 1.54) is 12.8 Å². The molecule has 1 atom stereocenters. The van der Waals surface area contributed by atoms with Crippen LogP contribution in [0.2, 0.25) is 0 Å². The van der Waals surface area contributed by atoms with Gasteiger partial charge in [-0.2, -0.15) is 0 Å². The van der Waals surface area contributed by atoms with Crippen LogP contribution in [0.3, 0.4) is 0 Å². The Morgan fingerprint density at radius 1 is 1.03 bits per heavy atom. The molecule has 0 saturated carbocycles. The number of aryl methyl sites for hydroxylation is 1. The van der Waals surface area contributed by atoms with Crippen molar-refractivity contribution in [2.24, 2.45) is 0 Å². The first-order chi connectivity index (χ1) is 15.2. The standard InChI is InChI=1S/C25H31N5O/c1-3-29(4-2)23(19-12-7-5-8-13-19)25(31)26-21-15-11-14-20(18-21)24-28-27-22-16-9-6-10-17-30(22)24/h5,7-8,11-15,18,23H,3-4,6,9-10,16-17H2,1-2H3,(H,26,31). The average Bonchev–Trinajstić information content (AvgIpc) is 3.06. The van der Waals surface area contributed by atoms with E-state index in [1.54, 1.807) is 0 Å². The molecular weight excluding hydrogens is 386 g/mol. The van der Waals surface area contributed by atoms with Gasteiger partial charge in [0.1, 0.15) is 11.9 Å². The topological polar surface area (TPSA) is 63.1 Å². The van der Waals surface area contributed by atoms with Gasteiger partial charge in [-0.1, -0.05) is 62.7 Å². The van der Waals surface area contributed by atoms with Gasteiger partial charge in [0.05, 0.1) is 0 Å². The van der Waals surface area contributed by atoms with E-state index in [0.29, 0.717) is 0 Å². The van der Waals surface area contributed by atoms with Crippen LogP contribution in [-0.4, -0.2) is 38.7 Å². The summed E-state index contributed by atoms with van der Waals surface area (Å²) in [6, 6.07) is 17.6. The molecule has 1 aliphatic heterocycles. The Hall–Kier alpha value is -2.99. The largest absolute Gasteiger partial charge is 0.324 e. The maximum Gasteiger partial charge on any atom is 0.246 e. The van der Waals surface area contributed by atoms with Crippen LogP contribution in [0.25, 0.3) is 11.4 Å². The van der Waals surface area contributed by atoms with E-state index < -0.39 is 0 Å². The molecule has 2 aromatic carbocycles. The first-order valence-corrected chi connectivity index (χ1v) is 11.3. The molecule has 1 amide bonds. The molecule has 6 heteroatoms. The third-order valence-corrected chi connectivity index (χ3v) is 6.04. The van der Waals surface area contributed by atoms with Crippen molar-refractivity contribution < 1.29 is 4.79 Å². The fourth-order valence-corrected chi connectivity index (χ4v) is 4.40. The van der Waals surface area contributed by atoms with Gasteiger partial charge in [-0.15, -0.1) is 10.2 Å². The molecule has 1 aliphatic rings. The van der Waals surface area contributed by atoms with Crippen LogP contribution in [0, 0.1) is 0 Å². The monoisotopic (exact) mass is 417 g/mol. The van der Waals surface area contributed by atoms with Crippen molar-refractivity contribution in [2.45, 2.75) is 52.1 Å². The van der Waals surface area contributed by atoms with Gasteiger partial charge in [0.15, 0.2) is 5.82 Å². The van der Waals surface area contributed by atoms with Crippen molar-refractivity contribution in [2.75, 3.05) is 18.4 Å². The SMILES string of the molecule is CCN(CC)C(C(=O)Nc1cccc(-c2nnc3n2CCCCC3)c1)c1ccccc1. The van der Waals surface area contributed by atoms with Crippen LogP contribution < -0.4 is 5.32 Å². The highest BCUT2D eigenvalue weighted by molar-refractivity contribution is 5.96. The molecule has 0 bridgehead atoms. The second-order valence-electron chi connectivity index (χ2n) is 8.01. The summed E-state index contributed by atoms with van der Waals surface area (Å²) in [6.45, 7) is 6.73. The minimum atomic E-state index is -0.329. The zero-order valence-corrected chi connectivity index (χ0v) is 18.4. The van der Waals surface area contributed by atoms with Gasteiger partial charge < -0.3 is 9.88 Å². The number of likely N-dealkylation sites (N-methyl/N-ethyl adjacent to an activating group) is 1. The van der Waals surface area contributed by atoms with Crippen molar-refractivity contribution in [1.29, 1.82) is 0 Å². The van der Waals surface area contributed by atoms with Gasteiger partial charge in [-0.05, 0) is 43.6 Å². The Kier molecular flexibility index (Phi) is 6.77. The first kappa shape index (κ1) is 21.2. The fourth-order valence-electron chi connectivity index (χ4n) is 4.40. The Balaban J connectivity index is 1.59. The van der Waals surface area contributed by atoms with Gasteiger partial charge in [0.2, 0.25) is 5.91 Å². The number of hydrogen-bond acceptors (Lipinski definition) is 4. The molecule has 4 rings (SSSR count). The van der Waals surface area contributed by atoms with Crippen molar-refractivity contribution >= 4 is 11.6 Å². The quantitative estimate of drug-likeness (QED) is 0.606. The van der Waals surface area contributed by atoms with Crippen LogP contribution in [0.5, 0.6) is 0 Å². The molecule has 2 heterocycles. The van der Waals surface area contributed by atoms with Crippen molar-refractivity contribution in [3.8, 4) is 11.4 Å². The van der Waals surface area contributed by atoms with E-state index in [0.717, 1.165) is 60.9 Å². The molecular formula is C25H31N5O. The molecule has 1 N–H and O–H groups in total. The molecule has 162 valence electrons. The average molecular weight is 418 g/mol. The molecule has 6 nitrogen and oxygen atoms in total. The lowest BCUT2D eigenvalue weighted by atomic mass is 10.0. The van der Waals surface area contributed by atoms with E-state index in [2.05, 4.69) is 38.8 Å². The number of rotatable bonds is 7. The zero-order chi connectivity index (χ0) is 21.6. The van der Waals surface area contributed by atoms with Gasteiger partial charge in [-0.3, -0.25) is 9.69 Å². The number of carbonyl (C=O) groups excluding carboxylic acids is 1. The van der Waals surface area contributed by atoms with Gasteiger partial charge in [0, 0.05) is 24.2 Å². The Bertz CT molecular complexity index is 1010. The summed E-state index contributed by atoms with van der Waals surface area (Å²) in [6.07, 6.45) is 4.52. The number of carbonyl (C=O) groups is 1. The lowest BCUT2D eigenvalue weighted by Crippen LogP contribution is -2.37. The number of hydrogen-bond donors (Lipinski definition) is 1. The van der Waals surface area contributed by atoms with E-state index in [9.17, 15) is 4.79 Å². The predicted octanol–water partition coefficient (Wildman–Crippen LogP) is 4.69. The van der Waals surface area contributed by atoms with E-state index >= 15 is 0 Å². The number of amides is 1. The van der Waals surface area contributed by atoms with E-state index in [1.807, 2.05) is 54.6 Å². The number of anilines is 1. The third-order valence-electron chi connectivity index (χ3n) is 6.04. The highest BCUT2D eigenvalue weighted by Gasteiger charge is 2.26. The number of aromatic nitrogens is 3. The van der Waals surface area contributed by atoms with Crippen LogP contribution in [0.4, 0.5) is 5.69 Å². The van der Waals surface area contributed by atoms with Crippen molar-refractivity contribution in [1.82, 2.24) is 19.7 Å². The van der Waals surface area contributed by atoms with Crippen LogP contribution in [-0.2, 0) is 17.8 Å². The summed E-state index contributed by atoms with van der Waals surface area (Å²) in [5, 5.41) is 12.0. The summed E-state index contributed by atoms with van der Waals surface area (Å²) in [4.78, 5) is 15.5. The summed E-state index contributed by atoms with van der Waals surface area (Å²) in [5.74, 6) is 1.93. The Labute approximate surface area is 184 Å². The molecule has 0 spiro atoms. The molecule has 0 fully saturated rings. The van der Waals surface area contributed by atoms with E-state index in [-0.39, 0.29) is 11.9 Å². The third kappa shape index (κ3) is 4.69. The molecule has 1 unspecified atom stereocenters. The number of nitrogens with zero attached hydrogens (tertiary/aromatic N) is 4. The summed E-state index contributed by atoms with van der Waals surface area (Å²) in [7, 11) is 0. The lowest BCUT2D eigenvalue weighted by Gasteiger charge is -2.29. The number of nitrogens with one attached hydrogen (secondary N) is 1. The first-order valence-electron chi connectivity index (χ1n) is 11.3. The molecule has 0 aliphatic carbocycles. The highest BCUT2D eigenvalue weighted by atomic mass is 16.2. The van der Waals surface area contributed by atoms with Crippen LogP contribution in [0.1, 0.15) is 50.5 Å². The molecule has 3 aromatic rings. The van der Waals surface area contributed by atoms with Crippen LogP contribution in [0.15, 0.2) is 54.6 Å². The lowest BCUT2D eigenvalue weighted by molar-refractivity contribution is -0.121. The smallest absolute Gasteiger partial charge is 0.246 e. The second kappa shape index (κ2) is 9.88. The zero-order valence-electron chi connectivity index (χ0n) is 18.4. The minimum absolute atomic E-state index is 0.0212. The Morgan fingerprint density at radius 3 is 2.61 bits per heavy atom. The minimum Gasteiger partial charge on any atom is -0.324 e. The van der Waals surface area contributed by atoms with Gasteiger partial charge in [-0.25, -0.2) is 0 Å². The maximum absolute atomic E-state index is 13.4. The predicted molar refractivity (Wildman–Crippen MR) is 124 cm³/mol. The highest BCUT2D eigenvalue weighted by Crippen LogP contribution is 2.27. The normalized spacial score (nSPS) is 14.7. The summed E-state index contributed by atoms with van der Waals surface area (Å²) >= 11 is 0. The van der Waals surface area contributed by atoms with E-state index in [4.69, 9.17) is 0 Å².